The van der Waals surface area contributed by atoms with E-state index in [0.717, 1.165) is 5.56 Å². The van der Waals surface area contributed by atoms with Crippen molar-refractivity contribution in [3.8, 4) is 0 Å². The van der Waals surface area contributed by atoms with Gasteiger partial charge >= 0.3 is 0 Å². The fraction of sp³-hybridized carbons (Fsp3) is 0.400. The van der Waals surface area contributed by atoms with Crippen LogP contribution in [0.4, 0.5) is 0 Å². The Morgan fingerprint density at radius 3 is 3.00 bits per heavy atom. The molecule has 4 nitrogen and oxygen atoms in total. The molecule has 0 fully saturated rings. The second kappa shape index (κ2) is 4.83. The van der Waals surface area contributed by atoms with Crippen molar-refractivity contribution in [2.45, 2.75) is 19.6 Å². The summed E-state index contributed by atoms with van der Waals surface area (Å²) in [7, 11) is 1.58. The average molecular weight is 194 g/mol. The van der Waals surface area contributed by atoms with Crippen molar-refractivity contribution in [1.82, 2.24) is 4.98 Å². The average Bonchev–Trinajstić information content (AvgIpc) is 2.18. The molecule has 0 radical (unpaired) electrons. The Morgan fingerprint density at radius 1 is 1.71 bits per heavy atom. The molecule has 0 bridgehead atoms. The van der Waals surface area contributed by atoms with Gasteiger partial charge in [-0.2, -0.15) is 0 Å². The summed E-state index contributed by atoms with van der Waals surface area (Å²) in [6, 6.07) is 1.17. The van der Waals surface area contributed by atoms with E-state index in [1.165, 1.54) is 0 Å². The lowest BCUT2D eigenvalue weighted by molar-refractivity contribution is 0.0963. The number of rotatable bonds is 4. The number of hydrogen-bond donors (Lipinski definition) is 1. The normalized spacial score (nSPS) is 12.5. The summed E-state index contributed by atoms with van der Waals surface area (Å²) >= 11 is 0. The predicted molar refractivity (Wildman–Crippen MR) is 52.9 cm³/mol. The van der Waals surface area contributed by atoms with Crippen molar-refractivity contribution in [3.63, 3.8) is 0 Å². The highest BCUT2D eigenvalue weighted by atomic mass is 16.5. The molecular formula is C10H14N2O2. The van der Waals surface area contributed by atoms with Crippen molar-refractivity contribution in [3.05, 3.63) is 29.6 Å². The van der Waals surface area contributed by atoms with Gasteiger partial charge in [-0.15, -0.1) is 0 Å². The molecule has 0 aliphatic carbocycles. The summed E-state index contributed by atoms with van der Waals surface area (Å²) < 4.78 is 4.97. The topological polar surface area (TPSA) is 65.2 Å². The van der Waals surface area contributed by atoms with Crippen LogP contribution in [-0.2, 0) is 11.3 Å². The van der Waals surface area contributed by atoms with E-state index < -0.39 is 6.04 Å². The molecule has 0 aliphatic heterocycles. The van der Waals surface area contributed by atoms with E-state index in [9.17, 15) is 4.79 Å². The number of ketones is 1. The van der Waals surface area contributed by atoms with E-state index in [1.54, 1.807) is 32.5 Å². The third-order valence-electron chi connectivity index (χ3n) is 1.88. The van der Waals surface area contributed by atoms with E-state index in [1.807, 2.05) is 0 Å². The van der Waals surface area contributed by atoms with Gasteiger partial charge in [0.2, 0.25) is 0 Å². The van der Waals surface area contributed by atoms with Crippen LogP contribution < -0.4 is 5.73 Å². The van der Waals surface area contributed by atoms with Gasteiger partial charge in [0.05, 0.1) is 12.6 Å². The molecule has 1 unspecified atom stereocenters. The van der Waals surface area contributed by atoms with Crippen LogP contribution in [-0.4, -0.2) is 23.9 Å². The van der Waals surface area contributed by atoms with Crippen molar-refractivity contribution in [2.24, 2.45) is 5.73 Å². The fourth-order valence-corrected chi connectivity index (χ4v) is 1.18. The van der Waals surface area contributed by atoms with Crippen molar-refractivity contribution >= 4 is 5.78 Å². The summed E-state index contributed by atoms with van der Waals surface area (Å²) in [6.07, 6.45) is 3.20. The molecule has 1 rings (SSSR count). The minimum atomic E-state index is -0.493. The second-order valence-corrected chi connectivity index (χ2v) is 3.12. The molecule has 0 amide bonds. The Kier molecular flexibility index (Phi) is 3.73. The summed E-state index contributed by atoms with van der Waals surface area (Å²) in [5.74, 6) is -0.0838. The Balaban J connectivity index is 3.00. The van der Waals surface area contributed by atoms with Crippen molar-refractivity contribution in [1.29, 1.82) is 0 Å². The van der Waals surface area contributed by atoms with Crippen LogP contribution in [0.15, 0.2) is 18.5 Å². The molecule has 0 aliphatic rings. The molecule has 0 saturated heterocycles. The lowest BCUT2D eigenvalue weighted by Crippen LogP contribution is -2.27. The molecule has 1 aromatic rings. The van der Waals surface area contributed by atoms with Crippen LogP contribution >= 0.6 is 0 Å². The van der Waals surface area contributed by atoms with Gasteiger partial charge < -0.3 is 10.5 Å². The summed E-state index contributed by atoms with van der Waals surface area (Å²) in [4.78, 5) is 15.6. The quantitative estimate of drug-likeness (QED) is 0.718. The first-order valence-electron chi connectivity index (χ1n) is 4.38. The molecular weight excluding hydrogens is 180 g/mol. The molecule has 4 heteroatoms. The minimum absolute atomic E-state index is 0.0838. The van der Waals surface area contributed by atoms with Crippen LogP contribution in [0.3, 0.4) is 0 Å². The van der Waals surface area contributed by atoms with Gasteiger partial charge in [-0.05, 0) is 13.0 Å². The Labute approximate surface area is 83.1 Å². The smallest absolute Gasteiger partial charge is 0.179 e. The minimum Gasteiger partial charge on any atom is -0.380 e. The zero-order valence-corrected chi connectivity index (χ0v) is 8.36. The zero-order valence-electron chi connectivity index (χ0n) is 8.36. The largest absolute Gasteiger partial charge is 0.380 e. The van der Waals surface area contributed by atoms with Gasteiger partial charge in [-0.25, -0.2) is 0 Å². The lowest BCUT2D eigenvalue weighted by Gasteiger charge is -2.08. The number of Topliss-reactive ketones (excluding diaryl/α,β-unsaturated/α-hetero) is 1. The van der Waals surface area contributed by atoms with Gasteiger partial charge in [-0.3, -0.25) is 9.78 Å². The van der Waals surface area contributed by atoms with Crippen LogP contribution in [0.25, 0.3) is 0 Å². The van der Waals surface area contributed by atoms with E-state index in [2.05, 4.69) is 4.98 Å². The van der Waals surface area contributed by atoms with Crippen molar-refractivity contribution < 1.29 is 9.53 Å². The number of ether oxygens (including phenoxy) is 1. The molecule has 0 spiro atoms. The number of aromatic nitrogens is 1. The number of nitrogens with zero attached hydrogens (tertiary/aromatic N) is 1. The van der Waals surface area contributed by atoms with E-state index in [0.29, 0.717) is 12.2 Å². The molecule has 76 valence electrons. The van der Waals surface area contributed by atoms with Crippen LogP contribution in [0, 0.1) is 0 Å². The lowest BCUT2D eigenvalue weighted by atomic mass is 10.0. The summed E-state index contributed by atoms with van der Waals surface area (Å²) in [6.45, 7) is 2.04. The number of nitrogens with two attached hydrogens (primary N) is 1. The maximum atomic E-state index is 11.6. The maximum Gasteiger partial charge on any atom is 0.179 e. The first kappa shape index (κ1) is 10.8. The third kappa shape index (κ3) is 2.37. The monoisotopic (exact) mass is 194 g/mol. The van der Waals surface area contributed by atoms with Gasteiger partial charge in [0.1, 0.15) is 0 Å². The summed E-state index contributed by atoms with van der Waals surface area (Å²) in [5.41, 5.74) is 6.89. The van der Waals surface area contributed by atoms with Gasteiger partial charge in [-0.1, -0.05) is 0 Å². The molecule has 1 heterocycles. The second-order valence-electron chi connectivity index (χ2n) is 3.12. The highest BCUT2D eigenvalue weighted by Crippen LogP contribution is 2.10. The van der Waals surface area contributed by atoms with Crippen LogP contribution in [0.5, 0.6) is 0 Å². The number of pyridine rings is 1. The number of carbonyl (C=O) groups excluding carboxylic acids is 1. The summed E-state index contributed by atoms with van der Waals surface area (Å²) in [5, 5.41) is 0. The highest BCUT2D eigenvalue weighted by molar-refractivity contribution is 6.00. The number of hydrogen-bond acceptors (Lipinski definition) is 4. The molecule has 0 saturated carbocycles. The Bertz CT molecular complexity index is 324. The molecule has 14 heavy (non-hydrogen) atoms. The van der Waals surface area contributed by atoms with Gasteiger partial charge in [0.15, 0.2) is 5.78 Å². The maximum absolute atomic E-state index is 11.6. The molecule has 0 aromatic carbocycles. The predicted octanol–water partition coefficient (Wildman–Crippen LogP) is 0.758. The van der Waals surface area contributed by atoms with Gasteiger partial charge in [0.25, 0.3) is 0 Å². The fourth-order valence-electron chi connectivity index (χ4n) is 1.18. The number of methoxy groups -OCH3 is 1. The molecule has 2 N–H and O–H groups in total. The molecule has 1 aromatic heterocycles. The standard InChI is InChI=1S/C10H14N2O2/c1-7(11)10(13)9-3-4-12-5-8(9)6-14-2/h3-5,7H,6,11H2,1-2H3. The first-order chi connectivity index (χ1) is 6.66. The molecule has 1 atom stereocenters. The van der Waals surface area contributed by atoms with Crippen LogP contribution in [0.2, 0.25) is 0 Å². The van der Waals surface area contributed by atoms with Crippen LogP contribution in [0.1, 0.15) is 22.8 Å². The highest BCUT2D eigenvalue weighted by Gasteiger charge is 2.14. The van der Waals surface area contributed by atoms with Gasteiger partial charge in [0, 0.05) is 30.6 Å². The van der Waals surface area contributed by atoms with Crippen molar-refractivity contribution in [2.75, 3.05) is 7.11 Å². The SMILES string of the molecule is COCc1cnccc1C(=O)C(C)N. The zero-order chi connectivity index (χ0) is 10.6. The Hall–Kier alpha value is -1.26. The first-order valence-corrected chi connectivity index (χ1v) is 4.38. The number of carbonyl (C=O) groups is 1. The van der Waals surface area contributed by atoms with E-state index in [-0.39, 0.29) is 5.78 Å². The van der Waals surface area contributed by atoms with E-state index >= 15 is 0 Å². The third-order valence-corrected chi connectivity index (χ3v) is 1.88. The van der Waals surface area contributed by atoms with E-state index in [4.69, 9.17) is 10.5 Å². The Morgan fingerprint density at radius 2 is 2.43 bits per heavy atom.